The summed E-state index contributed by atoms with van der Waals surface area (Å²) in [5.74, 6) is 0.489. The Labute approximate surface area is 130 Å². The molecule has 1 rings (SSSR count). The SMILES string of the molecule is CCCCCS(=O)(=O)CC(NCC)c1cc(C)ccc1C. The van der Waals surface area contributed by atoms with Crippen molar-refractivity contribution in [3.05, 3.63) is 34.9 Å². The van der Waals surface area contributed by atoms with Gasteiger partial charge in [0.05, 0.1) is 11.5 Å². The molecule has 120 valence electrons. The molecule has 0 saturated heterocycles. The quantitative estimate of drug-likeness (QED) is 0.709. The lowest BCUT2D eigenvalue weighted by Crippen LogP contribution is -2.29. The van der Waals surface area contributed by atoms with Gasteiger partial charge in [0, 0.05) is 6.04 Å². The second-order valence-corrected chi connectivity index (χ2v) is 8.02. The van der Waals surface area contributed by atoms with Gasteiger partial charge in [-0.15, -0.1) is 0 Å². The Kier molecular flexibility index (Phi) is 7.40. The monoisotopic (exact) mass is 311 g/mol. The predicted octanol–water partition coefficient (Wildman–Crippen LogP) is 3.56. The summed E-state index contributed by atoms with van der Waals surface area (Å²) in [5, 5.41) is 3.33. The molecule has 0 spiro atoms. The number of hydrogen-bond donors (Lipinski definition) is 1. The lowest BCUT2D eigenvalue weighted by atomic mass is 10.00. The van der Waals surface area contributed by atoms with Crippen molar-refractivity contribution in [3.8, 4) is 0 Å². The Morgan fingerprint density at radius 3 is 2.48 bits per heavy atom. The molecule has 0 aliphatic heterocycles. The van der Waals surface area contributed by atoms with E-state index in [-0.39, 0.29) is 11.8 Å². The molecule has 0 amide bonds. The highest BCUT2D eigenvalue weighted by atomic mass is 32.2. The Hall–Kier alpha value is -0.870. The van der Waals surface area contributed by atoms with E-state index < -0.39 is 9.84 Å². The van der Waals surface area contributed by atoms with Crippen LogP contribution in [-0.2, 0) is 9.84 Å². The first-order chi connectivity index (χ1) is 9.89. The summed E-state index contributed by atoms with van der Waals surface area (Å²) in [6.07, 6.45) is 2.79. The van der Waals surface area contributed by atoms with Crippen molar-refractivity contribution in [2.24, 2.45) is 0 Å². The fraction of sp³-hybridized carbons (Fsp3) is 0.647. The van der Waals surface area contributed by atoms with Gasteiger partial charge in [-0.25, -0.2) is 8.42 Å². The Morgan fingerprint density at radius 1 is 1.14 bits per heavy atom. The minimum Gasteiger partial charge on any atom is -0.309 e. The first-order valence-electron chi connectivity index (χ1n) is 7.90. The van der Waals surface area contributed by atoms with Crippen LogP contribution in [0.2, 0.25) is 0 Å². The van der Waals surface area contributed by atoms with Gasteiger partial charge in [0.25, 0.3) is 0 Å². The Balaban J connectivity index is 2.89. The molecule has 21 heavy (non-hydrogen) atoms. The summed E-state index contributed by atoms with van der Waals surface area (Å²) in [7, 11) is -3.02. The smallest absolute Gasteiger partial charge is 0.152 e. The molecule has 1 atom stereocenters. The minimum atomic E-state index is -3.02. The third-order valence-electron chi connectivity index (χ3n) is 3.74. The van der Waals surface area contributed by atoms with E-state index in [1.807, 2.05) is 20.8 Å². The van der Waals surface area contributed by atoms with Crippen molar-refractivity contribution in [2.75, 3.05) is 18.1 Å². The standard InChI is InChI=1S/C17H29NO2S/c1-5-7-8-11-21(19,20)13-17(18-6-2)16-12-14(3)9-10-15(16)4/h9-10,12,17-18H,5-8,11,13H2,1-4H3. The van der Waals surface area contributed by atoms with Crippen LogP contribution in [0.5, 0.6) is 0 Å². The largest absolute Gasteiger partial charge is 0.309 e. The van der Waals surface area contributed by atoms with Crippen LogP contribution in [0.4, 0.5) is 0 Å². The van der Waals surface area contributed by atoms with Crippen molar-refractivity contribution in [1.29, 1.82) is 0 Å². The number of benzene rings is 1. The molecule has 1 aromatic rings. The van der Waals surface area contributed by atoms with Gasteiger partial charge < -0.3 is 5.32 Å². The van der Waals surface area contributed by atoms with Crippen LogP contribution >= 0.6 is 0 Å². The second kappa shape index (κ2) is 8.54. The normalized spacial score (nSPS) is 13.3. The molecule has 0 aliphatic rings. The molecule has 0 bridgehead atoms. The Morgan fingerprint density at radius 2 is 1.86 bits per heavy atom. The van der Waals surface area contributed by atoms with E-state index in [0.717, 1.165) is 36.9 Å². The van der Waals surface area contributed by atoms with Gasteiger partial charge in [-0.3, -0.25) is 0 Å². The molecule has 1 N–H and O–H groups in total. The molecule has 0 heterocycles. The number of hydrogen-bond acceptors (Lipinski definition) is 3. The molecule has 1 aromatic carbocycles. The average Bonchev–Trinajstić information content (AvgIpc) is 2.41. The number of rotatable bonds is 9. The molecule has 3 nitrogen and oxygen atoms in total. The highest BCUT2D eigenvalue weighted by Gasteiger charge is 2.21. The van der Waals surface area contributed by atoms with Crippen molar-refractivity contribution in [2.45, 2.75) is 53.0 Å². The fourth-order valence-corrected chi connectivity index (χ4v) is 4.17. The summed E-state index contributed by atoms with van der Waals surface area (Å²) in [6.45, 7) is 8.96. The molecule has 1 unspecified atom stereocenters. The molecule has 0 aliphatic carbocycles. The number of unbranched alkanes of at least 4 members (excludes halogenated alkanes) is 2. The topological polar surface area (TPSA) is 46.2 Å². The van der Waals surface area contributed by atoms with Crippen LogP contribution in [0.25, 0.3) is 0 Å². The molecule has 4 heteroatoms. The summed E-state index contributed by atoms with van der Waals surface area (Å²) in [5.41, 5.74) is 3.42. The van der Waals surface area contributed by atoms with Gasteiger partial charge in [0.15, 0.2) is 9.84 Å². The van der Waals surface area contributed by atoms with Crippen LogP contribution < -0.4 is 5.32 Å². The van der Waals surface area contributed by atoms with Crippen LogP contribution in [-0.4, -0.2) is 26.5 Å². The average molecular weight is 311 g/mol. The molecule has 0 aromatic heterocycles. The zero-order valence-corrected chi connectivity index (χ0v) is 14.6. The van der Waals surface area contributed by atoms with Gasteiger partial charge >= 0.3 is 0 Å². The maximum absolute atomic E-state index is 12.3. The van der Waals surface area contributed by atoms with Gasteiger partial charge in [0.1, 0.15) is 0 Å². The fourth-order valence-electron chi connectivity index (χ4n) is 2.55. The third kappa shape index (κ3) is 6.18. The van der Waals surface area contributed by atoms with Crippen molar-refractivity contribution >= 4 is 9.84 Å². The zero-order chi connectivity index (χ0) is 15.9. The van der Waals surface area contributed by atoms with E-state index >= 15 is 0 Å². The summed E-state index contributed by atoms with van der Waals surface area (Å²) < 4.78 is 24.6. The van der Waals surface area contributed by atoms with Crippen molar-refractivity contribution in [3.63, 3.8) is 0 Å². The van der Waals surface area contributed by atoms with E-state index in [2.05, 4.69) is 30.4 Å². The predicted molar refractivity (Wildman–Crippen MR) is 90.5 cm³/mol. The van der Waals surface area contributed by atoms with E-state index in [4.69, 9.17) is 0 Å². The van der Waals surface area contributed by atoms with Gasteiger partial charge in [-0.1, -0.05) is 50.5 Å². The van der Waals surface area contributed by atoms with Crippen LogP contribution in [0.3, 0.4) is 0 Å². The van der Waals surface area contributed by atoms with Crippen molar-refractivity contribution < 1.29 is 8.42 Å². The van der Waals surface area contributed by atoms with Gasteiger partial charge in [0.2, 0.25) is 0 Å². The Bertz CT molecular complexity index is 538. The van der Waals surface area contributed by atoms with Gasteiger partial charge in [-0.2, -0.15) is 0 Å². The first kappa shape index (κ1) is 18.2. The minimum absolute atomic E-state index is 0.110. The lowest BCUT2D eigenvalue weighted by molar-refractivity contribution is 0.555. The van der Waals surface area contributed by atoms with Crippen LogP contribution in [0.15, 0.2) is 18.2 Å². The first-order valence-corrected chi connectivity index (χ1v) is 9.72. The van der Waals surface area contributed by atoms with Gasteiger partial charge in [-0.05, 0) is 37.9 Å². The van der Waals surface area contributed by atoms with E-state index in [9.17, 15) is 8.42 Å². The maximum atomic E-state index is 12.3. The molecular weight excluding hydrogens is 282 g/mol. The summed E-state index contributed by atoms with van der Waals surface area (Å²) in [6, 6.07) is 6.13. The molecule has 0 saturated carbocycles. The van der Waals surface area contributed by atoms with Crippen LogP contribution in [0, 0.1) is 13.8 Å². The second-order valence-electron chi connectivity index (χ2n) is 5.79. The molecule has 0 radical (unpaired) electrons. The third-order valence-corrected chi connectivity index (χ3v) is 5.49. The zero-order valence-electron chi connectivity index (χ0n) is 13.8. The van der Waals surface area contributed by atoms with E-state index in [1.54, 1.807) is 0 Å². The molecule has 0 fully saturated rings. The lowest BCUT2D eigenvalue weighted by Gasteiger charge is -2.21. The summed E-state index contributed by atoms with van der Waals surface area (Å²) in [4.78, 5) is 0. The van der Waals surface area contributed by atoms with E-state index in [0.29, 0.717) is 5.75 Å². The van der Waals surface area contributed by atoms with Crippen molar-refractivity contribution in [1.82, 2.24) is 5.32 Å². The number of aryl methyl sites for hydroxylation is 2. The van der Waals surface area contributed by atoms with E-state index in [1.165, 1.54) is 5.56 Å². The number of sulfone groups is 1. The number of nitrogens with one attached hydrogen (secondary N) is 1. The molecular formula is C17H29NO2S. The van der Waals surface area contributed by atoms with Crippen LogP contribution in [0.1, 0.15) is 55.8 Å². The summed E-state index contributed by atoms with van der Waals surface area (Å²) >= 11 is 0. The highest BCUT2D eigenvalue weighted by Crippen LogP contribution is 2.21. The maximum Gasteiger partial charge on any atom is 0.152 e. The highest BCUT2D eigenvalue weighted by molar-refractivity contribution is 7.91.